The summed E-state index contributed by atoms with van der Waals surface area (Å²) < 4.78 is 0. The number of rotatable bonds is 1. The number of hydrogen-bond acceptors (Lipinski definition) is 4. The van der Waals surface area contributed by atoms with Crippen LogP contribution in [0, 0.1) is 0 Å². The molecule has 3 rings (SSSR count). The summed E-state index contributed by atoms with van der Waals surface area (Å²) in [4.78, 5) is 9.02. The highest BCUT2D eigenvalue weighted by atomic mass is 33.1. The molecule has 4 heteroatoms. The Kier molecular flexibility index (Phi) is 2.38. The molecule has 0 amide bonds. The Morgan fingerprint density at radius 1 is 1.13 bits per heavy atom. The molecule has 1 aromatic carbocycles. The normalized spacial score (nSPS) is 19.9. The van der Waals surface area contributed by atoms with E-state index < -0.39 is 0 Å². The number of benzene rings is 1. The van der Waals surface area contributed by atoms with Crippen LogP contribution in [0.4, 0.5) is 0 Å². The molecule has 0 bridgehead atoms. The first-order valence-electron chi connectivity index (χ1n) is 4.64. The molecular formula is C11H8N2S2. The van der Waals surface area contributed by atoms with E-state index in [1.165, 1.54) is 0 Å². The molecule has 74 valence electrons. The molecule has 0 N–H and O–H groups in total. The van der Waals surface area contributed by atoms with Crippen LogP contribution < -0.4 is 0 Å². The number of nitrogens with zero attached hydrogens (tertiary/aromatic N) is 2. The van der Waals surface area contributed by atoms with E-state index in [1.807, 2.05) is 41.3 Å². The van der Waals surface area contributed by atoms with E-state index in [4.69, 9.17) is 0 Å². The summed E-state index contributed by atoms with van der Waals surface area (Å²) in [5, 5.41) is 2.46. The van der Waals surface area contributed by atoms with Gasteiger partial charge in [-0.15, -0.1) is 0 Å². The number of fused-ring (bicyclic) bond motifs is 1. The van der Waals surface area contributed by atoms with Gasteiger partial charge < -0.3 is 0 Å². The zero-order valence-electron chi connectivity index (χ0n) is 7.83. The highest BCUT2D eigenvalue weighted by Crippen LogP contribution is 2.44. The lowest BCUT2D eigenvalue weighted by Crippen LogP contribution is -1.94. The molecule has 0 saturated carbocycles. The van der Waals surface area contributed by atoms with E-state index in [-0.39, 0.29) is 0 Å². The molecular weight excluding hydrogens is 224 g/mol. The van der Waals surface area contributed by atoms with Crippen molar-refractivity contribution in [1.82, 2.24) is 9.97 Å². The van der Waals surface area contributed by atoms with E-state index >= 15 is 0 Å². The minimum absolute atomic E-state index is 0.354. The molecule has 0 spiro atoms. The van der Waals surface area contributed by atoms with Gasteiger partial charge in [0.05, 0.1) is 28.2 Å². The van der Waals surface area contributed by atoms with Crippen molar-refractivity contribution in [1.29, 1.82) is 0 Å². The third-order valence-electron chi connectivity index (χ3n) is 2.23. The van der Waals surface area contributed by atoms with Gasteiger partial charge in [0.2, 0.25) is 0 Å². The van der Waals surface area contributed by atoms with Gasteiger partial charge in [-0.3, -0.25) is 4.98 Å². The van der Waals surface area contributed by atoms with Crippen LogP contribution in [0.25, 0.3) is 11.0 Å². The lowest BCUT2D eigenvalue weighted by molar-refractivity contribution is 1.09. The van der Waals surface area contributed by atoms with Crippen molar-refractivity contribution in [2.75, 3.05) is 0 Å². The maximum atomic E-state index is 4.61. The van der Waals surface area contributed by atoms with Crippen LogP contribution >= 0.6 is 21.6 Å². The lowest BCUT2D eigenvalue weighted by Gasteiger charge is -2.05. The molecule has 0 saturated heterocycles. The largest absolute Gasteiger partial charge is 0.253 e. The standard InChI is InChI=1S/C11H8N2S2/c1-2-4-9-8(3-1)12-7-10(13-9)11-5-6-14-15-11/h1-7,11H. The second-order valence-corrected chi connectivity index (χ2v) is 5.54. The summed E-state index contributed by atoms with van der Waals surface area (Å²) in [6, 6.07) is 7.96. The van der Waals surface area contributed by atoms with Gasteiger partial charge in [-0.1, -0.05) is 39.8 Å². The van der Waals surface area contributed by atoms with Crippen molar-refractivity contribution in [3.8, 4) is 0 Å². The molecule has 1 unspecified atom stereocenters. The summed E-state index contributed by atoms with van der Waals surface area (Å²) in [7, 11) is 3.56. The zero-order chi connectivity index (χ0) is 10.1. The van der Waals surface area contributed by atoms with E-state index in [9.17, 15) is 0 Å². The maximum absolute atomic E-state index is 4.61. The van der Waals surface area contributed by atoms with Crippen molar-refractivity contribution in [3.05, 3.63) is 47.6 Å². The summed E-state index contributed by atoms with van der Waals surface area (Å²) in [5.74, 6) is 0. The smallest absolute Gasteiger partial charge is 0.0890 e. The number of para-hydroxylation sites is 2. The van der Waals surface area contributed by atoms with Crippen LogP contribution in [0.15, 0.2) is 41.9 Å². The van der Waals surface area contributed by atoms with Gasteiger partial charge in [0.15, 0.2) is 0 Å². The third kappa shape index (κ3) is 1.75. The highest BCUT2D eigenvalue weighted by molar-refractivity contribution is 8.78. The summed E-state index contributed by atoms with van der Waals surface area (Å²) in [6.07, 6.45) is 4.03. The zero-order valence-corrected chi connectivity index (χ0v) is 9.46. The molecule has 1 aliphatic rings. The third-order valence-corrected chi connectivity index (χ3v) is 4.50. The van der Waals surface area contributed by atoms with Gasteiger partial charge in [-0.25, -0.2) is 4.98 Å². The predicted octanol–water partition coefficient (Wildman–Crippen LogP) is 3.58. The second-order valence-electron chi connectivity index (χ2n) is 3.23. The van der Waals surface area contributed by atoms with Crippen molar-refractivity contribution in [2.45, 2.75) is 5.25 Å². The van der Waals surface area contributed by atoms with E-state index in [2.05, 4.69) is 21.5 Å². The molecule has 1 aromatic heterocycles. The van der Waals surface area contributed by atoms with Crippen molar-refractivity contribution in [2.24, 2.45) is 0 Å². The quantitative estimate of drug-likeness (QED) is 0.702. The highest BCUT2D eigenvalue weighted by Gasteiger charge is 2.15. The van der Waals surface area contributed by atoms with Crippen LogP contribution in [0.1, 0.15) is 10.9 Å². The fourth-order valence-electron chi connectivity index (χ4n) is 1.48. The molecule has 0 radical (unpaired) electrons. The second kappa shape index (κ2) is 3.87. The van der Waals surface area contributed by atoms with Crippen molar-refractivity contribution >= 4 is 32.6 Å². The molecule has 0 aliphatic carbocycles. The molecule has 2 nitrogen and oxygen atoms in total. The monoisotopic (exact) mass is 232 g/mol. The average molecular weight is 232 g/mol. The summed E-state index contributed by atoms with van der Waals surface area (Å²) in [6.45, 7) is 0. The topological polar surface area (TPSA) is 25.8 Å². The lowest BCUT2D eigenvalue weighted by atomic mass is 10.2. The van der Waals surface area contributed by atoms with Crippen LogP contribution in [0.2, 0.25) is 0 Å². The van der Waals surface area contributed by atoms with Crippen molar-refractivity contribution in [3.63, 3.8) is 0 Å². The van der Waals surface area contributed by atoms with Gasteiger partial charge >= 0.3 is 0 Å². The maximum Gasteiger partial charge on any atom is 0.0890 e. The molecule has 1 aliphatic heterocycles. The Morgan fingerprint density at radius 2 is 2.00 bits per heavy atom. The fraction of sp³-hybridized carbons (Fsp3) is 0.0909. The van der Waals surface area contributed by atoms with Gasteiger partial charge in [0.25, 0.3) is 0 Å². The van der Waals surface area contributed by atoms with E-state index in [0.717, 1.165) is 16.7 Å². The predicted molar refractivity (Wildman–Crippen MR) is 66.6 cm³/mol. The SMILES string of the molecule is C1=CC(c2cnc3ccccc3n2)SS1. The van der Waals surface area contributed by atoms with Gasteiger partial charge in [-0.2, -0.15) is 0 Å². The fourth-order valence-corrected chi connectivity index (χ4v) is 3.58. The van der Waals surface area contributed by atoms with Gasteiger partial charge in [0.1, 0.15) is 0 Å². The minimum Gasteiger partial charge on any atom is -0.253 e. The minimum atomic E-state index is 0.354. The van der Waals surface area contributed by atoms with Crippen molar-refractivity contribution < 1.29 is 0 Å². The van der Waals surface area contributed by atoms with Crippen LogP contribution in [-0.4, -0.2) is 9.97 Å². The number of hydrogen-bond donors (Lipinski definition) is 0. The molecule has 1 atom stereocenters. The van der Waals surface area contributed by atoms with Gasteiger partial charge in [0, 0.05) is 0 Å². The van der Waals surface area contributed by atoms with Crippen LogP contribution in [-0.2, 0) is 0 Å². The Bertz CT molecular complexity index is 525. The van der Waals surface area contributed by atoms with E-state index in [1.54, 1.807) is 10.8 Å². The summed E-state index contributed by atoms with van der Waals surface area (Å²) in [5.41, 5.74) is 2.97. The Balaban J connectivity index is 2.09. The molecule has 2 heterocycles. The Hall–Kier alpha value is -1.000. The Morgan fingerprint density at radius 3 is 2.80 bits per heavy atom. The molecule has 0 fully saturated rings. The average Bonchev–Trinajstić information content (AvgIpc) is 2.82. The molecule has 2 aromatic rings. The molecule has 15 heavy (non-hydrogen) atoms. The Labute approximate surface area is 95.6 Å². The van der Waals surface area contributed by atoms with Crippen LogP contribution in [0.5, 0.6) is 0 Å². The summed E-state index contributed by atoms with van der Waals surface area (Å²) >= 11 is 0. The number of aromatic nitrogens is 2. The first kappa shape index (κ1) is 9.24. The van der Waals surface area contributed by atoms with E-state index in [0.29, 0.717) is 5.25 Å². The van der Waals surface area contributed by atoms with Crippen LogP contribution in [0.3, 0.4) is 0 Å². The first-order chi connectivity index (χ1) is 7.43. The van der Waals surface area contributed by atoms with Gasteiger partial charge in [-0.05, 0) is 17.5 Å². The first-order valence-corrected chi connectivity index (χ1v) is 6.91.